The molecule has 0 saturated carbocycles. The highest BCUT2D eigenvalue weighted by molar-refractivity contribution is 7.47. The maximum absolute atomic E-state index is 13.1. The third kappa shape index (κ3) is 76.2. The lowest BCUT2D eigenvalue weighted by Gasteiger charge is -2.21. The molecule has 0 rings (SSSR count). The molecule has 602 valence electrons. The van der Waals surface area contributed by atoms with Gasteiger partial charge in [0.2, 0.25) is 0 Å². The summed E-state index contributed by atoms with van der Waals surface area (Å²) in [5.41, 5.74) is 0. The molecule has 0 aromatic carbocycles. The Hall–Kier alpha value is -4.02. The van der Waals surface area contributed by atoms with Crippen LogP contribution >= 0.6 is 15.6 Å². The molecule has 0 saturated heterocycles. The summed E-state index contributed by atoms with van der Waals surface area (Å²) in [5.74, 6) is -2.20. The van der Waals surface area contributed by atoms with E-state index in [-0.39, 0.29) is 25.7 Å². The first kappa shape index (κ1) is 100.0. The lowest BCUT2D eigenvalue weighted by atomic mass is 10.1. The summed E-state index contributed by atoms with van der Waals surface area (Å²) in [6.07, 6.45) is 82.3. The predicted octanol–water partition coefficient (Wildman–Crippen LogP) is 24.3. The summed E-state index contributed by atoms with van der Waals surface area (Å²) in [6, 6.07) is 0. The first-order chi connectivity index (χ1) is 50.7. The predicted molar refractivity (Wildman–Crippen MR) is 427 cm³/mol. The quantitative estimate of drug-likeness (QED) is 0.0169. The van der Waals surface area contributed by atoms with Crippen molar-refractivity contribution in [1.29, 1.82) is 0 Å². The van der Waals surface area contributed by atoms with E-state index in [1.165, 1.54) is 89.9 Å². The molecular formula is C85H150O17P2. The summed E-state index contributed by atoms with van der Waals surface area (Å²) in [4.78, 5) is 73.1. The fraction of sp³-hybridized carbons (Fsp3) is 0.765. The van der Waals surface area contributed by atoms with Crippen molar-refractivity contribution in [3.8, 4) is 0 Å². The summed E-state index contributed by atoms with van der Waals surface area (Å²) >= 11 is 0. The second-order valence-corrected chi connectivity index (χ2v) is 30.6. The molecule has 0 radical (unpaired) electrons. The van der Waals surface area contributed by atoms with Gasteiger partial charge in [0.15, 0.2) is 12.2 Å². The van der Waals surface area contributed by atoms with Crippen LogP contribution in [0.3, 0.4) is 0 Å². The number of allylic oxidation sites excluding steroid dienone is 16. The first-order valence-corrected chi connectivity index (χ1v) is 44.5. The second kappa shape index (κ2) is 77.1. The number of hydrogen-bond acceptors (Lipinski definition) is 15. The van der Waals surface area contributed by atoms with E-state index in [9.17, 15) is 43.2 Å². The van der Waals surface area contributed by atoms with E-state index in [2.05, 4.69) is 125 Å². The van der Waals surface area contributed by atoms with Gasteiger partial charge in [0, 0.05) is 25.7 Å². The molecule has 0 heterocycles. The van der Waals surface area contributed by atoms with Crippen molar-refractivity contribution in [2.45, 2.75) is 380 Å². The third-order valence-electron chi connectivity index (χ3n) is 17.5. The molecule has 0 aliphatic carbocycles. The minimum Gasteiger partial charge on any atom is -0.462 e. The largest absolute Gasteiger partial charge is 0.472 e. The highest BCUT2D eigenvalue weighted by Crippen LogP contribution is 2.45. The van der Waals surface area contributed by atoms with E-state index < -0.39 is 97.5 Å². The van der Waals surface area contributed by atoms with E-state index in [0.717, 1.165) is 193 Å². The molecule has 0 aromatic heterocycles. The van der Waals surface area contributed by atoms with Crippen molar-refractivity contribution in [3.05, 3.63) is 97.2 Å². The van der Waals surface area contributed by atoms with Crippen molar-refractivity contribution in [3.63, 3.8) is 0 Å². The van der Waals surface area contributed by atoms with E-state index in [1.54, 1.807) is 0 Å². The Balaban J connectivity index is 5.32. The van der Waals surface area contributed by atoms with Gasteiger partial charge in [-0.15, -0.1) is 0 Å². The molecule has 0 spiro atoms. The van der Waals surface area contributed by atoms with E-state index in [4.69, 9.17) is 37.0 Å². The van der Waals surface area contributed by atoms with Gasteiger partial charge in [-0.05, 0) is 148 Å². The average molecular weight is 1510 g/mol. The highest BCUT2D eigenvalue weighted by Gasteiger charge is 2.30. The Bertz CT molecular complexity index is 2350. The molecular weight excluding hydrogens is 1350 g/mol. The Morgan fingerprint density at radius 2 is 0.481 bits per heavy atom. The van der Waals surface area contributed by atoms with E-state index in [0.29, 0.717) is 25.7 Å². The monoisotopic (exact) mass is 1510 g/mol. The van der Waals surface area contributed by atoms with E-state index >= 15 is 0 Å². The molecule has 0 bridgehead atoms. The van der Waals surface area contributed by atoms with Crippen LogP contribution in [-0.2, 0) is 65.4 Å². The first-order valence-electron chi connectivity index (χ1n) is 41.5. The molecule has 0 aliphatic rings. The van der Waals surface area contributed by atoms with Gasteiger partial charge in [-0.25, -0.2) is 9.13 Å². The van der Waals surface area contributed by atoms with Gasteiger partial charge in [0.1, 0.15) is 19.3 Å². The zero-order valence-corrected chi connectivity index (χ0v) is 67.7. The van der Waals surface area contributed by atoms with Gasteiger partial charge < -0.3 is 33.8 Å². The van der Waals surface area contributed by atoms with Crippen LogP contribution in [-0.4, -0.2) is 96.7 Å². The number of esters is 4. The second-order valence-electron chi connectivity index (χ2n) is 27.7. The zero-order valence-electron chi connectivity index (χ0n) is 65.9. The van der Waals surface area contributed by atoms with Crippen LogP contribution < -0.4 is 0 Å². The van der Waals surface area contributed by atoms with Crippen LogP contribution in [0.15, 0.2) is 97.2 Å². The number of phosphoric acid groups is 2. The van der Waals surface area contributed by atoms with Crippen molar-refractivity contribution < 1.29 is 80.2 Å². The van der Waals surface area contributed by atoms with Crippen molar-refractivity contribution >= 4 is 39.5 Å². The smallest absolute Gasteiger partial charge is 0.462 e. The third-order valence-corrected chi connectivity index (χ3v) is 19.4. The number of phosphoric ester groups is 2. The highest BCUT2D eigenvalue weighted by atomic mass is 31.2. The molecule has 0 aromatic rings. The fourth-order valence-electron chi connectivity index (χ4n) is 11.1. The SMILES string of the molecule is CCCC/C=C\CCCCCCCC(=O)OC(COC(=O)CCCCCCCC/C=C\C/C=C\C/C=C\CCCCC)COP(=O)(O)OCC(O)COP(=O)(O)OCC(COC(=O)CCCCCCCC/C=C\C/C=C\C/C=C\CCCCC)OC(=O)CCCCCCC/C=C\CCCCCCCC. The molecule has 5 unspecified atom stereocenters. The minimum atomic E-state index is -4.98. The zero-order chi connectivity index (χ0) is 76.0. The van der Waals surface area contributed by atoms with Crippen LogP contribution in [0.4, 0.5) is 0 Å². The molecule has 17 nitrogen and oxygen atoms in total. The summed E-state index contributed by atoms with van der Waals surface area (Å²) in [6.45, 7) is 4.78. The lowest BCUT2D eigenvalue weighted by Crippen LogP contribution is -2.30. The number of carbonyl (C=O) groups excluding carboxylic acids is 4. The molecule has 0 amide bonds. The van der Waals surface area contributed by atoms with Crippen LogP contribution in [0.2, 0.25) is 0 Å². The Kier molecular flexibility index (Phi) is 74.2. The fourth-order valence-corrected chi connectivity index (χ4v) is 12.7. The lowest BCUT2D eigenvalue weighted by molar-refractivity contribution is -0.161. The maximum atomic E-state index is 13.1. The molecule has 0 aliphatic heterocycles. The summed E-state index contributed by atoms with van der Waals surface area (Å²) in [7, 11) is -9.96. The number of rotatable bonds is 78. The Morgan fingerprint density at radius 3 is 0.779 bits per heavy atom. The van der Waals surface area contributed by atoms with Crippen LogP contribution in [0.25, 0.3) is 0 Å². The molecule has 0 fully saturated rings. The topological polar surface area (TPSA) is 237 Å². The van der Waals surface area contributed by atoms with Crippen molar-refractivity contribution in [2.24, 2.45) is 0 Å². The van der Waals surface area contributed by atoms with Gasteiger partial charge in [-0.1, -0.05) is 285 Å². The maximum Gasteiger partial charge on any atom is 0.472 e. The van der Waals surface area contributed by atoms with Gasteiger partial charge in [-0.3, -0.25) is 37.3 Å². The summed E-state index contributed by atoms with van der Waals surface area (Å²) < 4.78 is 68.6. The standard InChI is InChI=1S/C85H150O17P2/c1-5-9-13-17-21-25-29-32-35-37-39-41-44-46-50-53-57-61-65-69-82(87)95-75-80(101-84(89)71-67-63-59-55-49-28-24-20-16-12-8-4)77-99-103(91,92)97-73-79(86)74-98-104(93,94)100-78-81(102-85(90)72-68-64-60-56-52-48-43-34-31-27-23-19-15-11-7-3)76-96-83(88)70-66-62-58-54-51-47-45-42-40-38-36-33-30-26-22-18-14-10-6-2/h20-22,24-26,32-36,39-43,79-81,86H,5-19,23,27-31,37-38,44-78H2,1-4H3,(H,91,92)(H,93,94)/b24-20-,25-21-,26-22-,35-32-,36-33-,41-39-,42-40-,43-34-. The summed E-state index contributed by atoms with van der Waals surface area (Å²) in [5, 5.41) is 10.6. The number of unbranched alkanes of at least 4 members (excludes halogenated alkanes) is 36. The molecule has 19 heteroatoms. The van der Waals surface area contributed by atoms with Gasteiger partial charge in [0.05, 0.1) is 26.4 Å². The molecule has 3 N–H and O–H groups in total. The van der Waals surface area contributed by atoms with Crippen molar-refractivity contribution in [2.75, 3.05) is 39.6 Å². The average Bonchev–Trinajstić information content (AvgIpc) is 0.936. The van der Waals surface area contributed by atoms with Gasteiger partial charge >= 0.3 is 39.5 Å². The van der Waals surface area contributed by atoms with Gasteiger partial charge in [-0.2, -0.15) is 0 Å². The Labute approximate surface area is 633 Å². The minimum absolute atomic E-state index is 0.0816. The number of carbonyl (C=O) groups is 4. The number of aliphatic hydroxyl groups excluding tert-OH is 1. The van der Waals surface area contributed by atoms with Crippen LogP contribution in [0, 0.1) is 0 Å². The van der Waals surface area contributed by atoms with E-state index in [1.807, 2.05) is 0 Å². The van der Waals surface area contributed by atoms with Gasteiger partial charge in [0.25, 0.3) is 0 Å². The van der Waals surface area contributed by atoms with Crippen molar-refractivity contribution in [1.82, 2.24) is 0 Å². The van der Waals surface area contributed by atoms with Crippen LogP contribution in [0.5, 0.6) is 0 Å². The number of hydrogen-bond donors (Lipinski definition) is 3. The molecule has 104 heavy (non-hydrogen) atoms. The molecule has 5 atom stereocenters. The van der Waals surface area contributed by atoms with Crippen LogP contribution in [0.1, 0.15) is 362 Å². The Morgan fingerprint density at radius 1 is 0.269 bits per heavy atom. The number of aliphatic hydroxyl groups is 1. The number of ether oxygens (including phenoxy) is 4. The normalized spacial score (nSPS) is 14.3.